The summed E-state index contributed by atoms with van der Waals surface area (Å²) in [7, 11) is 0. The quantitative estimate of drug-likeness (QED) is 0.720. The number of nitrogens with one attached hydrogen (secondary N) is 1. The van der Waals surface area contributed by atoms with Gasteiger partial charge in [-0.3, -0.25) is 0 Å². The summed E-state index contributed by atoms with van der Waals surface area (Å²) < 4.78 is 5.86. The highest BCUT2D eigenvalue weighted by Crippen LogP contribution is 2.25. The van der Waals surface area contributed by atoms with E-state index in [2.05, 4.69) is 30.4 Å². The van der Waals surface area contributed by atoms with E-state index < -0.39 is 0 Å². The normalized spacial score (nSPS) is 14.2. The van der Waals surface area contributed by atoms with Gasteiger partial charge in [-0.1, -0.05) is 13.0 Å². The molecule has 2 rings (SSSR count). The van der Waals surface area contributed by atoms with Gasteiger partial charge in [-0.05, 0) is 81.3 Å². The molecule has 1 aromatic rings. The van der Waals surface area contributed by atoms with Crippen LogP contribution in [0.5, 0.6) is 5.75 Å². The molecule has 1 N–H and O–H groups in total. The van der Waals surface area contributed by atoms with Crippen molar-refractivity contribution in [3.8, 4) is 5.75 Å². The van der Waals surface area contributed by atoms with Crippen LogP contribution >= 0.6 is 0 Å². The van der Waals surface area contributed by atoms with E-state index in [1.807, 2.05) is 0 Å². The first kappa shape index (κ1) is 14.4. The van der Waals surface area contributed by atoms with Crippen LogP contribution in [-0.4, -0.2) is 19.7 Å². The Bertz CT molecular complexity index is 376. The molecule has 1 aliphatic rings. The number of rotatable bonds is 8. The van der Waals surface area contributed by atoms with Crippen LogP contribution in [0.3, 0.4) is 0 Å². The number of fused-ring (bicyclic) bond motifs is 1. The van der Waals surface area contributed by atoms with Crippen molar-refractivity contribution in [1.29, 1.82) is 0 Å². The Morgan fingerprint density at radius 1 is 1.05 bits per heavy atom. The largest absolute Gasteiger partial charge is 0.494 e. The van der Waals surface area contributed by atoms with E-state index in [9.17, 15) is 0 Å². The molecule has 0 unspecified atom stereocenters. The molecule has 0 saturated heterocycles. The summed E-state index contributed by atoms with van der Waals surface area (Å²) in [5, 5.41) is 3.35. The highest BCUT2D eigenvalue weighted by Gasteiger charge is 2.09. The number of benzene rings is 1. The van der Waals surface area contributed by atoms with Gasteiger partial charge in [0.2, 0.25) is 0 Å². The maximum absolute atomic E-state index is 5.86. The first-order valence-electron chi connectivity index (χ1n) is 7.85. The van der Waals surface area contributed by atoms with Crippen molar-refractivity contribution in [2.24, 2.45) is 0 Å². The number of ether oxygens (including phenoxy) is 1. The number of aryl methyl sites for hydroxylation is 2. The number of hydrogen-bond donors (Lipinski definition) is 1. The zero-order valence-corrected chi connectivity index (χ0v) is 12.2. The molecule has 0 radical (unpaired) electrons. The molecule has 0 heterocycles. The van der Waals surface area contributed by atoms with Crippen molar-refractivity contribution < 1.29 is 4.74 Å². The third-order valence-corrected chi connectivity index (χ3v) is 3.84. The van der Waals surface area contributed by atoms with E-state index in [0.717, 1.165) is 31.9 Å². The Morgan fingerprint density at radius 2 is 1.89 bits per heavy atom. The SMILES string of the molecule is CCNCCCCCOc1ccc2c(c1)CCCC2. The summed E-state index contributed by atoms with van der Waals surface area (Å²) in [6.07, 6.45) is 8.82. The van der Waals surface area contributed by atoms with Crippen molar-refractivity contribution >= 4 is 0 Å². The van der Waals surface area contributed by atoms with Crippen LogP contribution in [0.4, 0.5) is 0 Å². The van der Waals surface area contributed by atoms with Gasteiger partial charge in [-0.15, -0.1) is 0 Å². The van der Waals surface area contributed by atoms with Crippen LogP contribution in [0.15, 0.2) is 18.2 Å². The fourth-order valence-corrected chi connectivity index (χ4v) is 2.70. The second-order valence-corrected chi connectivity index (χ2v) is 5.40. The van der Waals surface area contributed by atoms with Gasteiger partial charge in [0.25, 0.3) is 0 Å². The van der Waals surface area contributed by atoms with Crippen molar-refractivity contribution in [2.75, 3.05) is 19.7 Å². The summed E-state index contributed by atoms with van der Waals surface area (Å²) in [4.78, 5) is 0. The number of hydrogen-bond acceptors (Lipinski definition) is 2. The van der Waals surface area contributed by atoms with Crippen LogP contribution in [-0.2, 0) is 12.8 Å². The summed E-state index contributed by atoms with van der Waals surface area (Å²) in [5.41, 5.74) is 3.04. The van der Waals surface area contributed by atoms with Crippen LogP contribution in [0, 0.1) is 0 Å². The lowest BCUT2D eigenvalue weighted by Gasteiger charge is -2.16. The predicted molar refractivity (Wildman–Crippen MR) is 81.0 cm³/mol. The molecule has 0 aromatic heterocycles. The lowest BCUT2D eigenvalue weighted by Crippen LogP contribution is -2.14. The van der Waals surface area contributed by atoms with Crippen molar-refractivity contribution in [1.82, 2.24) is 5.32 Å². The first-order valence-corrected chi connectivity index (χ1v) is 7.85. The molecule has 0 bridgehead atoms. The average Bonchev–Trinajstić information content (AvgIpc) is 2.46. The molecule has 0 spiro atoms. The third-order valence-electron chi connectivity index (χ3n) is 3.84. The molecule has 19 heavy (non-hydrogen) atoms. The number of unbranched alkanes of at least 4 members (excludes halogenated alkanes) is 2. The lowest BCUT2D eigenvalue weighted by molar-refractivity contribution is 0.304. The van der Waals surface area contributed by atoms with Crippen LogP contribution in [0.2, 0.25) is 0 Å². The molecule has 2 heteroatoms. The summed E-state index contributed by atoms with van der Waals surface area (Å²) in [6, 6.07) is 6.66. The Labute approximate surface area is 117 Å². The molecule has 0 amide bonds. The fourth-order valence-electron chi connectivity index (χ4n) is 2.70. The molecule has 2 nitrogen and oxygen atoms in total. The van der Waals surface area contributed by atoms with Gasteiger partial charge in [-0.2, -0.15) is 0 Å². The molecule has 0 atom stereocenters. The molecule has 106 valence electrons. The smallest absolute Gasteiger partial charge is 0.119 e. The van der Waals surface area contributed by atoms with Crippen LogP contribution < -0.4 is 10.1 Å². The molecular weight excluding hydrogens is 234 g/mol. The minimum Gasteiger partial charge on any atom is -0.494 e. The van der Waals surface area contributed by atoms with Gasteiger partial charge in [0.05, 0.1) is 6.61 Å². The van der Waals surface area contributed by atoms with Gasteiger partial charge in [0, 0.05) is 0 Å². The molecule has 1 aromatic carbocycles. The zero-order valence-electron chi connectivity index (χ0n) is 12.2. The highest BCUT2D eigenvalue weighted by molar-refractivity contribution is 5.37. The van der Waals surface area contributed by atoms with Crippen molar-refractivity contribution in [3.05, 3.63) is 29.3 Å². The Balaban J connectivity index is 1.66. The van der Waals surface area contributed by atoms with E-state index in [0.29, 0.717) is 0 Å². The van der Waals surface area contributed by atoms with Gasteiger partial charge >= 0.3 is 0 Å². The molecule has 0 fully saturated rings. The van der Waals surface area contributed by atoms with Gasteiger partial charge in [0.1, 0.15) is 5.75 Å². The van der Waals surface area contributed by atoms with E-state index in [1.54, 1.807) is 0 Å². The van der Waals surface area contributed by atoms with E-state index in [1.165, 1.54) is 49.7 Å². The van der Waals surface area contributed by atoms with Crippen LogP contribution in [0.1, 0.15) is 50.2 Å². The average molecular weight is 261 g/mol. The predicted octanol–water partition coefficient (Wildman–Crippen LogP) is 3.72. The first-order chi connectivity index (χ1) is 9.40. The topological polar surface area (TPSA) is 21.3 Å². The Kier molecular flexibility index (Phi) is 6.22. The lowest BCUT2D eigenvalue weighted by atomic mass is 9.92. The summed E-state index contributed by atoms with van der Waals surface area (Å²) >= 11 is 0. The minimum absolute atomic E-state index is 0.852. The maximum Gasteiger partial charge on any atom is 0.119 e. The maximum atomic E-state index is 5.86. The molecule has 1 aliphatic carbocycles. The van der Waals surface area contributed by atoms with Crippen molar-refractivity contribution in [2.45, 2.75) is 51.9 Å². The van der Waals surface area contributed by atoms with E-state index >= 15 is 0 Å². The zero-order chi connectivity index (χ0) is 13.3. The monoisotopic (exact) mass is 261 g/mol. The van der Waals surface area contributed by atoms with E-state index in [4.69, 9.17) is 4.74 Å². The molecule has 0 saturated carbocycles. The van der Waals surface area contributed by atoms with E-state index in [-0.39, 0.29) is 0 Å². The minimum atomic E-state index is 0.852. The molecule has 0 aliphatic heterocycles. The van der Waals surface area contributed by atoms with Gasteiger partial charge in [-0.25, -0.2) is 0 Å². The Morgan fingerprint density at radius 3 is 2.74 bits per heavy atom. The van der Waals surface area contributed by atoms with Gasteiger partial charge < -0.3 is 10.1 Å². The van der Waals surface area contributed by atoms with Gasteiger partial charge in [0.15, 0.2) is 0 Å². The third kappa shape index (κ3) is 4.87. The van der Waals surface area contributed by atoms with Crippen molar-refractivity contribution in [3.63, 3.8) is 0 Å². The fraction of sp³-hybridized carbons (Fsp3) is 0.647. The van der Waals surface area contributed by atoms with Crippen LogP contribution in [0.25, 0.3) is 0 Å². The standard InChI is InChI=1S/C17H27NO/c1-2-18-12-6-3-7-13-19-17-11-10-15-8-4-5-9-16(15)14-17/h10-11,14,18H,2-9,12-13H2,1H3. The second kappa shape index (κ2) is 8.21. The summed E-state index contributed by atoms with van der Waals surface area (Å²) in [5.74, 6) is 1.06. The molecular formula is C17H27NO. The Hall–Kier alpha value is -1.02. The second-order valence-electron chi connectivity index (χ2n) is 5.40. The summed E-state index contributed by atoms with van der Waals surface area (Å²) in [6.45, 7) is 5.21. The highest BCUT2D eigenvalue weighted by atomic mass is 16.5.